The van der Waals surface area contributed by atoms with Crippen LogP contribution < -0.4 is 11.1 Å². The standard InChI is InChI=1S/C13H22N6O/c14-12-11-13(17-9-16-12)19(10-18-11)7-6-15-5-3-1-2-4-8-20/h9-10,15,20H,1-8H2,(H2,14,16,17). The van der Waals surface area contributed by atoms with Gasteiger partial charge in [0.2, 0.25) is 0 Å². The Bertz CT molecular complexity index is 527. The maximum atomic E-state index is 8.68. The van der Waals surface area contributed by atoms with Crippen LogP contribution in [0.15, 0.2) is 12.7 Å². The minimum Gasteiger partial charge on any atom is -0.396 e. The van der Waals surface area contributed by atoms with Crippen LogP contribution in [0.4, 0.5) is 5.82 Å². The van der Waals surface area contributed by atoms with Crippen LogP contribution in [0.2, 0.25) is 0 Å². The van der Waals surface area contributed by atoms with Gasteiger partial charge in [-0.2, -0.15) is 0 Å². The lowest BCUT2D eigenvalue weighted by Crippen LogP contribution is -2.21. The van der Waals surface area contributed by atoms with Gasteiger partial charge in [-0.15, -0.1) is 0 Å². The molecule has 0 aromatic carbocycles. The number of nitrogens with one attached hydrogen (secondary N) is 1. The first-order chi connectivity index (χ1) is 9.83. The zero-order valence-corrected chi connectivity index (χ0v) is 11.6. The normalized spacial score (nSPS) is 11.2. The summed E-state index contributed by atoms with van der Waals surface area (Å²) in [5.41, 5.74) is 7.19. The van der Waals surface area contributed by atoms with E-state index in [0.717, 1.165) is 51.0 Å². The fourth-order valence-corrected chi connectivity index (χ4v) is 2.10. The quantitative estimate of drug-likeness (QED) is 0.579. The lowest BCUT2D eigenvalue weighted by Gasteiger charge is -2.06. The van der Waals surface area contributed by atoms with Gasteiger partial charge in [-0.1, -0.05) is 12.8 Å². The Morgan fingerprint density at radius 3 is 2.80 bits per heavy atom. The summed E-state index contributed by atoms with van der Waals surface area (Å²) < 4.78 is 1.98. The van der Waals surface area contributed by atoms with Crippen molar-refractivity contribution in [3.05, 3.63) is 12.7 Å². The Morgan fingerprint density at radius 1 is 1.10 bits per heavy atom. The molecule has 0 saturated heterocycles. The molecule has 4 N–H and O–H groups in total. The number of hydrogen-bond acceptors (Lipinski definition) is 6. The molecule has 0 aliphatic heterocycles. The predicted octanol–water partition coefficient (Wildman–Crippen LogP) is 0.551. The highest BCUT2D eigenvalue weighted by Crippen LogP contribution is 2.13. The lowest BCUT2D eigenvalue weighted by molar-refractivity contribution is 0.282. The van der Waals surface area contributed by atoms with Crippen LogP contribution in [0.1, 0.15) is 25.7 Å². The van der Waals surface area contributed by atoms with Gasteiger partial charge in [0.1, 0.15) is 11.8 Å². The van der Waals surface area contributed by atoms with Crippen molar-refractivity contribution in [1.82, 2.24) is 24.8 Å². The van der Waals surface area contributed by atoms with Crippen molar-refractivity contribution in [3.8, 4) is 0 Å². The summed E-state index contributed by atoms with van der Waals surface area (Å²) in [5.74, 6) is 0.422. The molecule has 2 rings (SSSR count). The van der Waals surface area contributed by atoms with E-state index in [9.17, 15) is 0 Å². The van der Waals surface area contributed by atoms with Crippen LogP contribution in [0.3, 0.4) is 0 Å². The first kappa shape index (κ1) is 14.7. The molecule has 0 amide bonds. The number of rotatable bonds is 9. The largest absolute Gasteiger partial charge is 0.396 e. The van der Waals surface area contributed by atoms with Gasteiger partial charge >= 0.3 is 0 Å². The zero-order chi connectivity index (χ0) is 14.2. The van der Waals surface area contributed by atoms with Crippen LogP contribution in [0.5, 0.6) is 0 Å². The topological polar surface area (TPSA) is 102 Å². The number of aliphatic hydroxyl groups excluding tert-OH is 1. The first-order valence-electron chi connectivity index (χ1n) is 7.06. The highest BCUT2D eigenvalue weighted by Gasteiger charge is 2.06. The van der Waals surface area contributed by atoms with Crippen molar-refractivity contribution in [3.63, 3.8) is 0 Å². The zero-order valence-electron chi connectivity index (χ0n) is 11.6. The van der Waals surface area contributed by atoms with E-state index in [1.165, 1.54) is 6.33 Å². The Hall–Kier alpha value is -1.73. The van der Waals surface area contributed by atoms with Crippen LogP contribution in [-0.2, 0) is 6.54 Å². The number of nitrogen functional groups attached to an aromatic ring is 1. The molecule has 0 unspecified atom stereocenters. The number of hydrogen-bond donors (Lipinski definition) is 3. The Balaban J connectivity index is 1.70. The Kier molecular flexibility index (Phi) is 5.69. The molecule has 0 spiro atoms. The molecule has 7 nitrogen and oxygen atoms in total. The van der Waals surface area contributed by atoms with Gasteiger partial charge in [0.05, 0.1) is 6.33 Å². The molecular weight excluding hydrogens is 256 g/mol. The molecule has 0 fully saturated rings. The molecule has 2 heterocycles. The average molecular weight is 278 g/mol. The van der Waals surface area contributed by atoms with E-state index in [1.54, 1.807) is 6.33 Å². The summed E-state index contributed by atoms with van der Waals surface area (Å²) in [4.78, 5) is 12.4. The third-order valence-corrected chi connectivity index (χ3v) is 3.22. The number of unbranched alkanes of at least 4 members (excludes halogenated alkanes) is 3. The molecule has 20 heavy (non-hydrogen) atoms. The van der Waals surface area contributed by atoms with Crippen molar-refractivity contribution in [2.24, 2.45) is 0 Å². The number of aromatic nitrogens is 4. The number of fused-ring (bicyclic) bond motifs is 1. The van der Waals surface area contributed by atoms with E-state index in [4.69, 9.17) is 10.8 Å². The van der Waals surface area contributed by atoms with Gasteiger partial charge in [0.25, 0.3) is 0 Å². The SMILES string of the molecule is Nc1ncnc2c1ncn2CCNCCCCCCO. The fraction of sp³-hybridized carbons (Fsp3) is 0.615. The molecule has 0 aliphatic rings. The second-order valence-corrected chi connectivity index (χ2v) is 4.76. The monoisotopic (exact) mass is 278 g/mol. The number of imidazole rings is 1. The number of nitrogens with two attached hydrogens (primary N) is 1. The van der Waals surface area contributed by atoms with Gasteiger partial charge in [-0.3, -0.25) is 0 Å². The average Bonchev–Trinajstić information content (AvgIpc) is 2.87. The van der Waals surface area contributed by atoms with Crippen LogP contribution >= 0.6 is 0 Å². The van der Waals surface area contributed by atoms with E-state index < -0.39 is 0 Å². The van der Waals surface area contributed by atoms with Crippen molar-refractivity contribution in [1.29, 1.82) is 0 Å². The molecule has 2 aromatic heterocycles. The van der Waals surface area contributed by atoms with Crippen LogP contribution in [0.25, 0.3) is 11.2 Å². The Labute approximate surface area is 118 Å². The van der Waals surface area contributed by atoms with Crippen molar-refractivity contribution in [2.45, 2.75) is 32.2 Å². The molecule has 0 bridgehead atoms. The summed E-state index contributed by atoms with van der Waals surface area (Å²) in [6.45, 7) is 2.97. The number of anilines is 1. The molecular formula is C13H22N6O. The molecule has 0 aliphatic carbocycles. The van der Waals surface area contributed by atoms with E-state index >= 15 is 0 Å². The molecule has 0 radical (unpaired) electrons. The molecule has 2 aromatic rings. The fourth-order valence-electron chi connectivity index (χ4n) is 2.10. The smallest absolute Gasteiger partial charge is 0.165 e. The summed E-state index contributed by atoms with van der Waals surface area (Å²) in [7, 11) is 0. The van der Waals surface area contributed by atoms with Crippen LogP contribution in [0, 0.1) is 0 Å². The van der Waals surface area contributed by atoms with Gasteiger partial charge in [0.15, 0.2) is 11.5 Å². The molecule has 7 heteroatoms. The second kappa shape index (κ2) is 7.76. The summed E-state index contributed by atoms with van der Waals surface area (Å²) in [5, 5.41) is 12.1. The first-order valence-corrected chi connectivity index (χ1v) is 7.06. The van der Waals surface area contributed by atoms with E-state index in [2.05, 4.69) is 20.3 Å². The molecule has 110 valence electrons. The van der Waals surface area contributed by atoms with E-state index in [0.29, 0.717) is 17.9 Å². The summed E-state index contributed by atoms with van der Waals surface area (Å²) >= 11 is 0. The second-order valence-electron chi connectivity index (χ2n) is 4.76. The van der Waals surface area contributed by atoms with Gasteiger partial charge in [-0.05, 0) is 19.4 Å². The highest BCUT2D eigenvalue weighted by atomic mass is 16.2. The maximum absolute atomic E-state index is 8.68. The van der Waals surface area contributed by atoms with Crippen molar-refractivity contribution < 1.29 is 5.11 Å². The van der Waals surface area contributed by atoms with E-state index in [1.807, 2.05) is 4.57 Å². The minimum atomic E-state index is 0.298. The third kappa shape index (κ3) is 3.88. The van der Waals surface area contributed by atoms with E-state index in [-0.39, 0.29) is 0 Å². The van der Waals surface area contributed by atoms with Crippen molar-refractivity contribution >= 4 is 17.0 Å². The predicted molar refractivity (Wildman–Crippen MR) is 78.2 cm³/mol. The summed E-state index contributed by atoms with van der Waals surface area (Å²) in [6.07, 6.45) is 7.51. The maximum Gasteiger partial charge on any atom is 0.165 e. The summed E-state index contributed by atoms with van der Waals surface area (Å²) in [6, 6.07) is 0. The number of nitrogens with zero attached hydrogens (tertiary/aromatic N) is 4. The Morgan fingerprint density at radius 2 is 1.95 bits per heavy atom. The van der Waals surface area contributed by atoms with Gasteiger partial charge in [0, 0.05) is 19.7 Å². The molecule has 0 saturated carbocycles. The number of aliphatic hydroxyl groups is 1. The lowest BCUT2D eigenvalue weighted by atomic mass is 10.2. The molecule has 0 atom stereocenters. The van der Waals surface area contributed by atoms with Gasteiger partial charge in [-0.25, -0.2) is 15.0 Å². The van der Waals surface area contributed by atoms with Gasteiger partial charge < -0.3 is 20.7 Å². The van der Waals surface area contributed by atoms with Crippen LogP contribution in [-0.4, -0.2) is 44.3 Å². The highest BCUT2D eigenvalue weighted by molar-refractivity contribution is 5.80. The minimum absolute atomic E-state index is 0.298. The third-order valence-electron chi connectivity index (χ3n) is 3.22. The van der Waals surface area contributed by atoms with Crippen molar-refractivity contribution in [2.75, 3.05) is 25.4 Å².